The molecule has 0 saturated carbocycles. The summed E-state index contributed by atoms with van der Waals surface area (Å²) in [6.45, 7) is 8.17. The molecule has 0 unspecified atom stereocenters. The lowest BCUT2D eigenvalue weighted by Crippen LogP contribution is -2.49. The molecular weight excluding hydrogens is 384 g/mol. The van der Waals surface area contributed by atoms with E-state index in [0.29, 0.717) is 18.7 Å². The van der Waals surface area contributed by atoms with E-state index in [1.54, 1.807) is 0 Å². The maximum absolute atomic E-state index is 12.9. The van der Waals surface area contributed by atoms with Crippen LogP contribution >= 0.6 is 0 Å². The first-order valence-electron chi connectivity index (χ1n) is 10.0. The number of carbonyl (C=O) groups excluding carboxylic acids is 1. The quantitative estimate of drug-likeness (QED) is 0.631. The molecule has 1 amide bonds. The Morgan fingerprint density at radius 1 is 1.07 bits per heavy atom. The molecule has 158 valence electrons. The largest absolute Gasteiger partial charge is 0.354 e. The molecule has 0 aliphatic rings. The monoisotopic (exact) mass is 416 g/mol. The van der Waals surface area contributed by atoms with E-state index >= 15 is 0 Å². The van der Waals surface area contributed by atoms with E-state index in [0.717, 1.165) is 30.2 Å². The summed E-state index contributed by atoms with van der Waals surface area (Å²) in [6, 6.07) is 13.2. The van der Waals surface area contributed by atoms with Gasteiger partial charge in [0.15, 0.2) is 0 Å². The highest BCUT2D eigenvalue weighted by Crippen LogP contribution is 2.27. The molecule has 5 nitrogen and oxygen atoms in total. The van der Waals surface area contributed by atoms with Crippen molar-refractivity contribution in [3.05, 3.63) is 64.7 Å². The lowest BCUT2D eigenvalue weighted by atomic mass is 10.1. The molecule has 0 aliphatic heterocycles. The molecule has 0 heterocycles. The molecule has 0 aliphatic carbocycles. The van der Waals surface area contributed by atoms with E-state index in [2.05, 4.69) is 30.4 Å². The Labute approximate surface area is 175 Å². The molecule has 0 aromatic heterocycles. The summed E-state index contributed by atoms with van der Waals surface area (Å²) in [7, 11) is -3.62. The van der Waals surface area contributed by atoms with Crippen LogP contribution in [0.4, 0.5) is 5.69 Å². The highest BCUT2D eigenvalue weighted by molar-refractivity contribution is 7.92. The summed E-state index contributed by atoms with van der Waals surface area (Å²) >= 11 is 0. The SMILES string of the molecule is CC[C@H](C(=O)NCCCc1cccc(C)c1)N(c1cc(C)ccc1C)S(C)(=O)=O. The van der Waals surface area contributed by atoms with Gasteiger partial charge in [-0.2, -0.15) is 0 Å². The smallest absolute Gasteiger partial charge is 0.243 e. The topological polar surface area (TPSA) is 66.5 Å². The van der Waals surface area contributed by atoms with Gasteiger partial charge in [-0.1, -0.05) is 48.9 Å². The van der Waals surface area contributed by atoms with Crippen molar-refractivity contribution in [2.24, 2.45) is 0 Å². The third-order valence-electron chi connectivity index (χ3n) is 4.96. The van der Waals surface area contributed by atoms with E-state index in [1.165, 1.54) is 15.4 Å². The molecule has 1 atom stereocenters. The summed E-state index contributed by atoms with van der Waals surface area (Å²) in [5.74, 6) is -0.261. The summed E-state index contributed by atoms with van der Waals surface area (Å²) in [6.07, 6.45) is 3.21. The van der Waals surface area contributed by atoms with Crippen molar-refractivity contribution in [2.75, 3.05) is 17.1 Å². The van der Waals surface area contributed by atoms with Crippen LogP contribution in [-0.2, 0) is 21.2 Å². The van der Waals surface area contributed by atoms with Gasteiger partial charge >= 0.3 is 0 Å². The normalized spacial score (nSPS) is 12.4. The van der Waals surface area contributed by atoms with E-state index < -0.39 is 16.1 Å². The zero-order chi connectivity index (χ0) is 21.6. The molecule has 2 rings (SSSR count). The maximum Gasteiger partial charge on any atom is 0.243 e. The van der Waals surface area contributed by atoms with Gasteiger partial charge in [0.1, 0.15) is 6.04 Å². The second-order valence-electron chi connectivity index (χ2n) is 7.66. The van der Waals surface area contributed by atoms with Gasteiger partial charge < -0.3 is 5.32 Å². The van der Waals surface area contributed by atoms with Crippen molar-refractivity contribution < 1.29 is 13.2 Å². The Balaban J connectivity index is 2.11. The van der Waals surface area contributed by atoms with Crippen LogP contribution in [-0.4, -0.2) is 33.2 Å². The molecule has 0 spiro atoms. The Hall–Kier alpha value is -2.34. The van der Waals surface area contributed by atoms with E-state index in [-0.39, 0.29) is 5.91 Å². The highest BCUT2D eigenvalue weighted by atomic mass is 32.2. The number of anilines is 1. The van der Waals surface area contributed by atoms with Gasteiger partial charge in [0.25, 0.3) is 0 Å². The molecule has 29 heavy (non-hydrogen) atoms. The zero-order valence-electron chi connectivity index (χ0n) is 18.0. The van der Waals surface area contributed by atoms with Gasteiger partial charge in [-0.15, -0.1) is 0 Å². The summed E-state index contributed by atoms with van der Waals surface area (Å²) in [4.78, 5) is 12.9. The number of nitrogens with one attached hydrogen (secondary N) is 1. The lowest BCUT2D eigenvalue weighted by molar-refractivity contribution is -0.122. The minimum absolute atomic E-state index is 0.261. The number of nitrogens with zero attached hydrogens (tertiary/aromatic N) is 1. The third kappa shape index (κ3) is 6.32. The molecule has 2 aromatic carbocycles. The van der Waals surface area contributed by atoms with Crippen LogP contribution in [0.15, 0.2) is 42.5 Å². The Kier molecular flexibility index (Phi) is 7.85. The number of hydrogen-bond donors (Lipinski definition) is 1. The second kappa shape index (κ2) is 9.92. The van der Waals surface area contributed by atoms with Crippen LogP contribution in [0, 0.1) is 20.8 Å². The number of sulfonamides is 1. The van der Waals surface area contributed by atoms with Crippen LogP contribution in [0.25, 0.3) is 0 Å². The van der Waals surface area contributed by atoms with Crippen LogP contribution < -0.4 is 9.62 Å². The number of hydrogen-bond acceptors (Lipinski definition) is 3. The summed E-state index contributed by atoms with van der Waals surface area (Å²) in [5.41, 5.74) is 4.79. The number of benzene rings is 2. The van der Waals surface area contributed by atoms with E-state index in [1.807, 2.05) is 45.0 Å². The van der Waals surface area contributed by atoms with Crippen LogP contribution in [0.1, 0.15) is 42.0 Å². The van der Waals surface area contributed by atoms with Gasteiger partial charge in [-0.05, 0) is 62.8 Å². The number of aryl methyl sites for hydroxylation is 4. The van der Waals surface area contributed by atoms with Gasteiger partial charge in [-0.25, -0.2) is 8.42 Å². The minimum Gasteiger partial charge on any atom is -0.354 e. The Bertz CT molecular complexity index is 954. The zero-order valence-corrected chi connectivity index (χ0v) is 18.8. The van der Waals surface area contributed by atoms with Crippen molar-refractivity contribution in [3.8, 4) is 0 Å². The van der Waals surface area contributed by atoms with Gasteiger partial charge in [-0.3, -0.25) is 9.10 Å². The predicted octanol–water partition coefficient (Wildman–Crippen LogP) is 3.91. The second-order valence-corrected chi connectivity index (χ2v) is 9.52. The first-order valence-corrected chi connectivity index (χ1v) is 11.9. The molecule has 0 fully saturated rings. The molecular formula is C23H32N2O3S. The summed E-state index contributed by atoms with van der Waals surface area (Å²) < 4.78 is 26.5. The third-order valence-corrected chi connectivity index (χ3v) is 6.12. The van der Waals surface area contributed by atoms with Crippen LogP contribution in [0.5, 0.6) is 0 Å². The number of carbonyl (C=O) groups is 1. The fraction of sp³-hybridized carbons (Fsp3) is 0.435. The molecule has 2 aromatic rings. The van der Waals surface area contributed by atoms with Gasteiger partial charge in [0, 0.05) is 6.54 Å². The van der Waals surface area contributed by atoms with Crippen molar-refractivity contribution >= 4 is 21.6 Å². The first kappa shape index (κ1) is 22.9. The van der Waals surface area contributed by atoms with E-state index in [9.17, 15) is 13.2 Å². The van der Waals surface area contributed by atoms with Crippen LogP contribution in [0.3, 0.4) is 0 Å². The van der Waals surface area contributed by atoms with E-state index in [4.69, 9.17) is 0 Å². The molecule has 0 bridgehead atoms. The highest BCUT2D eigenvalue weighted by Gasteiger charge is 2.32. The van der Waals surface area contributed by atoms with Crippen molar-refractivity contribution in [3.63, 3.8) is 0 Å². The average molecular weight is 417 g/mol. The number of rotatable bonds is 9. The van der Waals surface area contributed by atoms with Crippen molar-refractivity contribution in [1.82, 2.24) is 5.32 Å². The summed E-state index contributed by atoms with van der Waals surface area (Å²) in [5, 5.41) is 2.93. The van der Waals surface area contributed by atoms with Gasteiger partial charge in [0.2, 0.25) is 15.9 Å². The molecule has 0 saturated heterocycles. The molecule has 1 N–H and O–H groups in total. The fourth-order valence-electron chi connectivity index (χ4n) is 3.48. The minimum atomic E-state index is -3.62. The standard InChI is InChI=1S/C23H32N2O3S/c1-6-21(23(26)24-14-8-11-20-10-7-9-17(2)15-20)25(29(5,27)28)22-16-18(3)12-13-19(22)4/h7,9-10,12-13,15-16,21H,6,8,11,14H2,1-5H3,(H,24,26)/t21-/m1/s1. The Morgan fingerprint density at radius 2 is 1.76 bits per heavy atom. The van der Waals surface area contributed by atoms with Gasteiger partial charge in [0.05, 0.1) is 11.9 Å². The first-order chi connectivity index (χ1) is 13.6. The predicted molar refractivity (Wildman–Crippen MR) is 120 cm³/mol. The van der Waals surface area contributed by atoms with Crippen molar-refractivity contribution in [2.45, 2.75) is 53.0 Å². The maximum atomic E-state index is 12.9. The number of amides is 1. The Morgan fingerprint density at radius 3 is 2.38 bits per heavy atom. The van der Waals surface area contributed by atoms with Crippen LogP contribution in [0.2, 0.25) is 0 Å². The molecule has 0 radical (unpaired) electrons. The fourth-order valence-corrected chi connectivity index (χ4v) is 4.74. The average Bonchev–Trinajstić information content (AvgIpc) is 2.64. The lowest BCUT2D eigenvalue weighted by Gasteiger charge is -2.31. The van der Waals surface area contributed by atoms with Crippen molar-refractivity contribution in [1.29, 1.82) is 0 Å². The molecule has 6 heteroatoms.